The standard InChI is InChI=1S/C20H32N4O3.ClH/c1-13(2)22-17(25)12-24-15(4)19(14(3)10-18(24)26)20(27)23-8-6-16(7-9-23)11-21-5;/h10,13,16,21H,6-9,11-12H2,1-5H3,(H,22,25);1H. The molecule has 0 spiro atoms. The summed E-state index contributed by atoms with van der Waals surface area (Å²) in [7, 11) is 1.95. The van der Waals surface area contributed by atoms with Crippen LogP contribution in [0.5, 0.6) is 0 Å². The Kier molecular flexibility index (Phi) is 9.17. The number of halogens is 1. The van der Waals surface area contributed by atoms with E-state index in [4.69, 9.17) is 0 Å². The molecule has 1 aliphatic heterocycles. The number of amides is 2. The highest BCUT2D eigenvalue weighted by atomic mass is 35.5. The zero-order chi connectivity index (χ0) is 20.1. The number of pyridine rings is 1. The second-order valence-corrected chi connectivity index (χ2v) is 7.73. The molecule has 7 nitrogen and oxygen atoms in total. The average molecular weight is 413 g/mol. The molecule has 0 aliphatic carbocycles. The van der Waals surface area contributed by atoms with E-state index in [0.29, 0.717) is 22.7 Å². The Morgan fingerprint density at radius 1 is 1.21 bits per heavy atom. The summed E-state index contributed by atoms with van der Waals surface area (Å²) in [6.07, 6.45) is 1.95. The number of rotatable bonds is 6. The van der Waals surface area contributed by atoms with Gasteiger partial charge in [0, 0.05) is 30.9 Å². The molecule has 2 N–H and O–H groups in total. The molecule has 158 valence electrons. The van der Waals surface area contributed by atoms with Crippen molar-refractivity contribution in [2.75, 3.05) is 26.7 Å². The minimum absolute atomic E-state index is 0. The molecular weight excluding hydrogens is 380 g/mol. The number of nitrogens with zero attached hydrogens (tertiary/aromatic N) is 2. The Hall–Kier alpha value is -1.86. The third-order valence-electron chi connectivity index (χ3n) is 5.13. The summed E-state index contributed by atoms with van der Waals surface area (Å²) >= 11 is 0. The number of piperidine rings is 1. The molecule has 0 saturated carbocycles. The molecule has 0 unspecified atom stereocenters. The molecule has 1 fully saturated rings. The number of hydrogen-bond acceptors (Lipinski definition) is 4. The fourth-order valence-corrected chi connectivity index (χ4v) is 3.74. The topological polar surface area (TPSA) is 83.4 Å². The summed E-state index contributed by atoms with van der Waals surface area (Å²) in [6.45, 7) is 9.61. The van der Waals surface area contributed by atoms with Crippen molar-refractivity contribution < 1.29 is 9.59 Å². The van der Waals surface area contributed by atoms with Crippen LogP contribution >= 0.6 is 12.4 Å². The van der Waals surface area contributed by atoms with E-state index in [1.807, 2.05) is 25.8 Å². The van der Waals surface area contributed by atoms with Crippen LogP contribution in [0.3, 0.4) is 0 Å². The molecule has 0 aromatic carbocycles. The number of nitrogens with one attached hydrogen (secondary N) is 2. The van der Waals surface area contributed by atoms with E-state index >= 15 is 0 Å². The molecular formula is C20H33ClN4O3. The van der Waals surface area contributed by atoms with Crippen molar-refractivity contribution in [3.05, 3.63) is 33.2 Å². The zero-order valence-corrected chi connectivity index (χ0v) is 18.3. The van der Waals surface area contributed by atoms with Crippen LogP contribution in [0.2, 0.25) is 0 Å². The van der Waals surface area contributed by atoms with Gasteiger partial charge >= 0.3 is 0 Å². The summed E-state index contributed by atoms with van der Waals surface area (Å²) in [4.78, 5) is 39.5. The van der Waals surface area contributed by atoms with Gasteiger partial charge in [-0.25, -0.2) is 0 Å². The summed E-state index contributed by atoms with van der Waals surface area (Å²) in [5.41, 5.74) is 1.51. The van der Waals surface area contributed by atoms with Crippen molar-refractivity contribution in [1.29, 1.82) is 0 Å². The Balaban J connectivity index is 0.00000392. The van der Waals surface area contributed by atoms with Gasteiger partial charge in [0.15, 0.2) is 0 Å². The molecule has 8 heteroatoms. The summed E-state index contributed by atoms with van der Waals surface area (Å²) < 4.78 is 1.39. The second-order valence-electron chi connectivity index (χ2n) is 7.73. The minimum atomic E-state index is -0.256. The number of aryl methyl sites for hydroxylation is 1. The highest BCUT2D eigenvalue weighted by Crippen LogP contribution is 2.21. The number of aromatic nitrogens is 1. The van der Waals surface area contributed by atoms with E-state index < -0.39 is 0 Å². The van der Waals surface area contributed by atoms with E-state index in [9.17, 15) is 14.4 Å². The van der Waals surface area contributed by atoms with Crippen molar-refractivity contribution in [3.63, 3.8) is 0 Å². The lowest BCUT2D eigenvalue weighted by Gasteiger charge is -2.33. The number of hydrogen-bond donors (Lipinski definition) is 2. The van der Waals surface area contributed by atoms with Crippen LogP contribution in [0.15, 0.2) is 10.9 Å². The van der Waals surface area contributed by atoms with Crippen molar-refractivity contribution in [3.8, 4) is 0 Å². The van der Waals surface area contributed by atoms with Gasteiger partial charge in [-0.2, -0.15) is 0 Å². The van der Waals surface area contributed by atoms with Gasteiger partial charge in [-0.15, -0.1) is 12.4 Å². The van der Waals surface area contributed by atoms with E-state index in [2.05, 4.69) is 10.6 Å². The Morgan fingerprint density at radius 2 is 1.82 bits per heavy atom. The first-order valence-corrected chi connectivity index (χ1v) is 9.68. The van der Waals surface area contributed by atoms with Crippen LogP contribution in [-0.4, -0.2) is 54.0 Å². The van der Waals surface area contributed by atoms with Crippen LogP contribution in [-0.2, 0) is 11.3 Å². The smallest absolute Gasteiger partial charge is 0.255 e. The quantitative estimate of drug-likeness (QED) is 0.741. The monoisotopic (exact) mass is 412 g/mol. The van der Waals surface area contributed by atoms with E-state index in [0.717, 1.165) is 32.5 Å². The molecule has 1 aliphatic rings. The average Bonchev–Trinajstić information content (AvgIpc) is 2.58. The highest BCUT2D eigenvalue weighted by molar-refractivity contribution is 5.96. The van der Waals surface area contributed by atoms with E-state index in [1.165, 1.54) is 10.6 Å². The number of carbonyl (C=O) groups excluding carboxylic acids is 2. The largest absolute Gasteiger partial charge is 0.352 e. The molecule has 2 amide bonds. The maximum Gasteiger partial charge on any atom is 0.255 e. The third kappa shape index (κ3) is 5.82. The van der Waals surface area contributed by atoms with Gasteiger partial charge in [-0.1, -0.05) is 0 Å². The molecule has 0 bridgehead atoms. The molecule has 1 aromatic rings. The van der Waals surface area contributed by atoms with Gasteiger partial charge in [-0.05, 0) is 65.6 Å². The first kappa shape index (κ1) is 24.2. The molecule has 28 heavy (non-hydrogen) atoms. The van der Waals surface area contributed by atoms with Crippen LogP contribution in [0.1, 0.15) is 48.3 Å². The first-order valence-electron chi connectivity index (χ1n) is 9.68. The predicted octanol–water partition coefficient (Wildman–Crippen LogP) is 1.48. The molecule has 0 atom stereocenters. The minimum Gasteiger partial charge on any atom is -0.352 e. The Bertz CT molecular complexity index is 753. The third-order valence-corrected chi connectivity index (χ3v) is 5.13. The maximum absolute atomic E-state index is 13.1. The second kappa shape index (κ2) is 10.6. The van der Waals surface area contributed by atoms with Crippen molar-refractivity contribution in [1.82, 2.24) is 20.1 Å². The molecule has 2 heterocycles. The lowest BCUT2D eigenvalue weighted by atomic mass is 9.95. The highest BCUT2D eigenvalue weighted by Gasteiger charge is 2.26. The SMILES string of the molecule is CNCC1CCN(C(=O)c2c(C)cc(=O)n(CC(=O)NC(C)C)c2C)CC1.Cl. The van der Waals surface area contributed by atoms with E-state index in [-0.39, 0.29) is 42.4 Å². The first-order chi connectivity index (χ1) is 12.7. The zero-order valence-electron chi connectivity index (χ0n) is 17.5. The normalized spacial score (nSPS) is 14.7. The molecule has 1 aromatic heterocycles. The summed E-state index contributed by atoms with van der Waals surface area (Å²) in [5.74, 6) is 0.311. The predicted molar refractivity (Wildman–Crippen MR) is 113 cm³/mol. The Morgan fingerprint density at radius 3 is 2.36 bits per heavy atom. The van der Waals surface area contributed by atoms with Gasteiger partial charge in [0.2, 0.25) is 5.91 Å². The molecule has 1 saturated heterocycles. The lowest BCUT2D eigenvalue weighted by molar-refractivity contribution is -0.122. The Labute approximate surface area is 173 Å². The van der Waals surface area contributed by atoms with Crippen LogP contribution in [0.4, 0.5) is 0 Å². The van der Waals surface area contributed by atoms with Gasteiger partial charge in [0.25, 0.3) is 11.5 Å². The van der Waals surface area contributed by atoms with Crippen molar-refractivity contribution in [2.24, 2.45) is 5.92 Å². The van der Waals surface area contributed by atoms with E-state index in [1.54, 1.807) is 13.8 Å². The number of carbonyl (C=O) groups is 2. The molecule has 0 radical (unpaired) electrons. The van der Waals surface area contributed by atoms with Gasteiger partial charge in [0.05, 0.1) is 5.56 Å². The van der Waals surface area contributed by atoms with Crippen LogP contribution in [0, 0.1) is 19.8 Å². The van der Waals surface area contributed by atoms with Crippen molar-refractivity contribution >= 4 is 24.2 Å². The van der Waals surface area contributed by atoms with Gasteiger partial charge in [-0.3, -0.25) is 14.4 Å². The fraction of sp³-hybridized carbons (Fsp3) is 0.650. The fourth-order valence-electron chi connectivity index (χ4n) is 3.74. The van der Waals surface area contributed by atoms with Crippen LogP contribution < -0.4 is 16.2 Å². The summed E-state index contributed by atoms with van der Waals surface area (Å²) in [5, 5.41) is 5.99. The molecule has 2 rings (SSSR count). The van der Waals surface area contributed by atoms with Gasteiger partial charge in [0.1, 0.15) is 6.54 Å². The lowest BCUT2D eigenvalue weighted by Crippen LogP contribution is -2.42. The van der Waals surface area contributed by atoms with Crippen molar-refractivity contribution in [2.45, 2.75) is 53.1 Å². The van der Waals surface area contributed by atoms with Crippen LogP contribution in [0.25, 0.3) is 0 Å². The maximum atomic E-state index is 13.1. The summed E-state index contributed by atoms with van der Waals surface area (Å²) in [6, 6.07) is 1.45. The van der Waals surface area contributed by atoms with Gasteiger partial charge < -0.3 is 20.1 Å². The number of likely N-dealkylation sites (tertiary alicyclic amines) is 1.